The standard InChI is InChI=1S/C23H17N3O2/c27-22(12-11-17-6-2-1-3-7-17)18-8-4-10-20(14-18)26-16-21(25-23(26)28)19-9-5-13-24-15-19/h1-16H,(H,25,28)/b12-11+. The third-order valence-electron chi connectivity index (χ3n) is 4.33. The molecule has 4 aromatic rings. The fourth-order valence-corrected chi connectivity index (χ4v) is 2.90. The van der Waals surface area contributed by atoms with Crippen LogP contribution in [0.15, 0.2) is 96.2 Å². The number of ketones is 1. The number of nitrogens with one attached hydrogen (secondary N) is 1. The lowest BCUT2D eigenvalue weighted by Crippen LogP contribution is -2.14. The molecule has 0 spiro atoms. The SMILES string of the molecule is O=C(/C=C/c1ccccc1)c1cccc(-n2cc(-c3cccnc3)[nH]c2=O)c1. The van der Waals surface area contributed by atoms with Gasteiger partial charge in [-0.1, -0.05) is 48.5 Å². The van der Waals surface area contributed by atoms with Gasteiger partial charge in [0.25, 0.3) is 0 Å². The number of H-pyrrole nitrogens is 1. The molecule has 0 fully saturated rings. The summed E-state index contributed by atoms with van der Waals surface area (Å²) in [6.45, 7) is 0. The summed E-state index contributed by atoms with van der Waals surface area (Å²) in [5.41, 5.74) is 3.30. The largest absolute Gasteiger partial charge is 0.330 e. The summed E-state index contributed by atoms with van der Waals surface area (Å²) in [5, 5.41) is 0. The third-order valence-corrected chi connectivity index (χ3v) is 4.33. The maximum atomic E-state index is 12.5. The van der Waals surface area contributed by atoms with E-state index in [0.717, 1.165) is 11.1 Å². The Morgan fingerprint density at radius 3 is 2.64 bits per heavy atom. The van der Waals surface area contributed by atoms with Crippen molar-refractivity contribution in [2.75, 3.05) is 0 Å². The maximum Gasteiger partial charge on any atom is 0.330 e. The Balaban J connectivity index is 1.63. The number of hydrogen-bond acceptors (Lipinski definition) is 3. The van der Waals surface area contributed by atoms with Gasteiger partial charge in [0.2, 0.25) is 0 Å². The lowest BCUT2D eigenvalue weighted by Gasteiger charge is -2.03. The Labute approximate surface area is 161 Å². The van der Waals surface area contributed by atoms with Gasteiger partial charge in [-0.2, -0.15) is 0 Å². The highest BCUT2D eigenvalue weighted by molar-refractivity contribution is 6.07. The van der Waals surface area contributed by atoms with Gasteiger partial charge in [0.05, 0.1) is 11.4 Å². The molecule has 5 nitrogen and oxygen atoms in total. The minimum Gasteiger partial charge on any atom is -0.305 e. The summed E-state index contributed by atoms with van der Waals surface area (Å²) in [4.78, 5) is 31.8. The van der Waals surface area contributed by atoms with E-state index in [1.165, 1.54) is 10.6 Å². The van der Waals surface area contributed by atoms with Gasteiger partial charge in [-0.05, 0) is 35.9 Å². The average molecular weight is 367 g/mol. The number of hydrogen-bond donors (Lipinski definition) is 1. The van der Waals surface area contributed by atoms with Gasteiger partial charge < -0.3 is 4.98 Å². The number of nitrogens with zero attached hydrogens (tertiary/aromatic N) is 2. The van der Waals surface area contributed by atoms with Crippen LogP contribution in [0.4, 0.5) is 0 Å². The van der Waals surface area contributed by atoms with Crippen molar-refractivity contribution in [3.8, 4) is 16.9 Å². The van der Waals surface area contributed by atoms with Crippen LogP contribution in [0.1, 0.15) is 15.9 Å². The van der Waals surface area contributed by atoms with Crippen LogP contribution in [0.25, 0.3) is 23.0 Å². The molecule has 136 valence electrons. The number of pyridine rings is 1. The number of allylic oxidation sites excluding steroid dienone is 1. The summed E-state index contributed by atoms with van der Waals surface area (Å²) in [6.07, 6.45) is 8.39. The second-order valence-corrected chi connectivity index (χ2v) is 6.24. The number of carbonyl (C=O) groups excluding carboxylic acids is 1. The average Bonchev–Trinajstić information content (AvgIpc) is 3.15. The minimum atomic E-state index is -0.275. The summed E-state index contributed by atoms with van der Waals surface area (Å²) in [5.74, 6) is -0.123. The molecule has 2 heterocycles. The number of benzene rings is 2. The predicted octanol–water partition coefficient (Wildman–Crippen LogP) is 4.12. The molecule has 0 aliphatic heterocycles. The van der Waals surface area contributed by atoms with Gasteiger partial charge in [-0.3, -0.25) is 14.3 Å². The lowest BCUT2D eigenvalue weighted by molar-refractivity contribution is 0.104. The van der Waals surface area contributed by atoms with Crippen LogP contribution in [0.5, 0.6) is 0 Å². The maximum absolute atomic E-state index is 12.5. The van der Waals surface area contributed by atoms with Gasteiger partial charge in [0.1, 0.15) is 0 Å². The topological polar surface area (TPSA) is 67.8 Å². The number of rotatable bonds is 5. The Bertz CT molecular complexity index is 1190. The highest BCUT2D eigenvalue weighted by atomic mass is 16.1. The fourth-order valence-electron chi connectivity index (χ4n) is 2.90. The number of aromatic amines is 1. The Morgan fingerprint density at radius 2 is 1.86 bits per heavy atom. The second-order valence-electron chi connectivity index (χ2n) is 6.24. The zero-order chi connectivity index (χ0) is 19.3. The highest BCUT2D eigenvalue weighted by Crippen LogP contribution is 2.17. The molecule has 0 aliphatic carbocycles. The van der Waals surface area contributed by atoms with Gasteiger partial charge in [0.15, 0.2) is 5.78 Å². The monoisotopic (exact) mass is 367 g/mol. The van der Waals surface area contributed by atoms with Crippen LogP contribution >= 0.6 is 0 Å². The summed E-state index contributed by atoms with van der Waals surface area (Å²) < 4.78 is 1.49. The molecule has 4 rings (SSSR count). The van der Waals surface area contributed by atoms with Crippen molar-refractivity contribution < 1.29 is 4.79 Å². The van der Waals surface area contributed by atoms with Crippen LogP contribution in [0.2, 0.25) is 0 Å². The molecule has 0 radical (unpaired) electrons. The quantitative estimate of drug-likeness (QED) is 0.426. The summed E-state index contributed by atoms with van der Waals surface area (Å²) in [7, 11) is 0. The van der Waals surface area contributed by atoms with E-state index in [0.29, 0.717) is 16.9 Å². The zero-order valence-corrected chi connectivity index (χ0v) is 14.9. The van der Waals surface area contributed by atoms with E-state index in [1.807, 2.05) is 42.5 Å². The minimum absolute atomic E-state index is 0.123. The number of aromatic nitrogens is 3. The van der Waals surface area contributed by atoms with Crippen molar-refractivity contribution in [2.24, 2.45) is 0 Å². The molecule has 0 bridgehead atoms. The van der Waals surface area contributed by atoms with Crippen molar-refractivity contribution in [3.05, 3.63) is 113 Å². The van der Waals surface area contributed by atoms with Gasteiger partial charge in [-0.25, -0.2) is 4.79 Å². The Hall–Kier alpha value is -3.99. The van der Waals surface area contributed by atoms with E-state index in [4.69, 9.17) is 0 Å². The molecule has 0 atom stereocenters. The van der Waals surface area contributed by atoms with Crippen LogP contribution in [-0.4, -0.2) is 20.3 Å². The highest BCUT2D eigenvalue weighted by Gasteiger charge is 2.09. The molecule has 28 heavy (non-hydrogen) atoms. The lowest BCUT2D eigenvalue weighted by atomic mass is 10.1. The van der Waals surface area contributed by atoms with Crippen molar-refractivity contribution in [3.63, 3.8) is 0 Å². The van der Waals surface area contributed by atoms with Gasteiger partial charge in [0, 0.05) is 29.7 Å². The normalized spacial score (nSPS) is 11.0. The first kappa shape index (κ1) is 17.4. The molecule has 0 unspecified atom stereocenters. The van der Waals surface area contributed by atoms with Crippen molar-refractivity contribution >= 4 is 11.9 Å². The molecule has 5 heteroatoms. The van der Waals surface area contributed by atoms with E-state index in [-0.39, 0.29) is 11.5 Å². The second kappa shape index (κ2) is 7.72. The van der Waals surface area contributed by atoms with E-state index >= 15 is 0 Å². The third kappa shape index (κ3) is 3.73. The van der Waals surface area contributed by atoms with Crippen molar-refractivity contribution in [1.82, 2.24) is 14.5 Å². The van der Waals surface area contributed by atoms with Crippen LogP contribution < -0.4 is 5.69 Å². The number of imidazole rings is 1. The van der Waals surface area contributed by atoms with Crippen molar-refractivity contribution in [1.29, 1.82) is 0 Å². The predicted molar refractivity (Wildman–Crippen MR) is 109 cm³/mol. The van der Waals surface area contributed by atoms with E-state index in [1.54, 1.807) is 48.9 Å². The first-order chi connectivity index (χ1) is 13.7. The smallest absolute Gasteiger partial charge is 0.305 e. The van der Waals surface area contributed by atoms with Crippen LogP contribution in [0.3, 0.4) is 0 Å². The molecular formula is C23H17N3O2. The molecule has 0 saturated heterocycles. The first-order valence-electron chi connectivity index (χ1n) is 8.81. The van der Waals surface area contributed by atoms with Crippen LogP contribution in [0, 0.1) is 0 Å². The molecule has 1 N–H and O–H groups in total. The Morgan fingerprint density at radius 1 is 1.00 bits per heavy atom. The fraction of sp³-hybridized carbons (Fsp3) is 0. The molecule has 2 aromatic heterocycles. The van der Waals surface area contributed by atoms with Gasteiger partial charge >= 0.3 is 5.69 Å². The summed E-state index contributed by atoms with van der Waals surface area (Å²) >= 11 is 0. The molecular weight excluding hydrogens is 350 g/mol. The summed E-state index contributed by atoms with van der Waals surface area (Å²) in [6, 6.07) is 20.3. The molecule has 0 saturated carbocycles. The van der Waals surface area contributed by atoms with Crippen LogP contribution in [-0.2, 0) is 0 Å². The molecule has 0 amide bonds. The zero-order valence-electron chi connectivity index (χ0n) is 14.9. The molecule has 2 aromatic carbocycles. The van der Waals surface area contributed by atoms with E-state index in [9.17, 15) is 9.59 Å². The van der Waals surface area contributed by atoms with Gasteiger partial charge in [-0.15, -0.1) is 0 Å². The van der Waals surface area contributed by atoms with E-state index in [2.05, 4.69) is 9.97 Å². The Kier molecular flexibility index (Phi) is 4.80. The van der Waals surface area contributed by atoms with Crippen molar-refractivity contribution in [2.45, 2.75) is 0 Å². The van der Waals surface area contributed by atoms with E-state index < -0.39 is 0 Å². The molecule has 0 aliphatic rings. The number of carbonyl (C=O) groups is 1. The first-order valence-corrected chi connectivity index (χ1v) is 8.81.